The van der Waals surface area contributed by atoms with Crippen molar-refractivity contribution >= 4 is 5.97 Å². The number of furan rings is 1. The van der Waals surface area contributed by atoms with Gasteiger partial charge in [0.05, 0.1) is 6.26 Å². The van der Waals surface area contributed by atoms with Gasteiger partial charge >= 0.3 is 5.97 Å². The maximum atomic E-state index is 11.4. The van der Waals surface area contributed by atoms with Gasteiger partial charge in [0, 0.05) is 13.3 Å². The molecule has 1 spiro atoms. The fourth-order valence-electron chi connectivity index (χ4n) is 7.72. The van der Waals surface area contributed by atoms with Crippen LogP contribution in [0.15, 0.2) is 16.7 Å². The normalized spacial score (nSPS) is 46.2. The standard InChI is InChI=1S/C22H30O4/c1-14(23)26-13-22(24)12-21-9-5-17-16-7-10-25-18(16)6-8-20(17,2)19(21)4-3-15(22)11-21/h7,10,15,17,19,24H,3-6,8-9,11-13H2,1-2H3/t15-,17?,19?,20+,21+,22+/m1/s1. The second kappa shape index (κ2) is 5.37. The van der Waals surface area contributed by atoms with Crippen LogP contribution in [0.25, 0.3) is 0 Å². The van der Waals surface area contributed by atoms with Crippen molar-refractivity contribution in [3.05, 3.63) is 23.7 Å². The van der Waals surface area contributed by atoms with Crippen LogP contribution in [0.5, 0.6) is 0 Å². The molecule has 26 heavy (non-hydrogen) atoms. The Hall–Kier alpha value is -1.29. The highest BCUT2D eigenvalue weighted by Gasteiger charge is 2.66. The minimum atomic E-state index is -0.820. The Morgan fingerprint density at radius 3 is 3.00 bits per heavy atom. The molecule has 0 aromatic carbocycles. The number of carbonyl (C=O) groups excluding carboxylic acids is 1. The van der Waals surface area contributed by atoms with E-state index in [2.05, 4.69) is 13.0 Å². The molecule has 1 heterocycles. The van der Waals surface area contributed by atoms with Gasteiger partial charge in [0.2, 0.25) is 0 Å². The van der Waals surface area contributed by atoms with Gasteiger partial charge in [0.15, 0.2) is 0 Å². The van der Waals surface area contributed by atoms with Gasteiger partial charge < -0.3 is 14.3 Å². The predicted molar refractivity (Wildman–Crippen MR) is 96.6 cm³/mol. The summed E-state index contributed by atoms with van der Waals surface area (Å²) >= 11 is 0. The van der Waals surface area contributed by atoms with Crippen LogP contribution in [0.1, 0.15) is 76.0 Å². The molecule has 0 radical (unpaired) electrons. The number of aryl methyl sites for hydroxylation is 1. The summed E-state index contributed by atoms with van der Waals surface area (Å²) in [7, 11) is 0. The van der Waals surface area contributed by atoms with Crippen molar-refractivity contribution in [2.45, 2.75) is 76.7 Å². The average Bonchev–Trinajstić information content (AvgIpc) is 3.14. The topological polar surface area (TPSA) is 59.7 Å². The molecule has 1 aromatic rings. The summed E-state index contributed by atoms with van der Waals surface area (Å²) in [6.45, 7) is 4.11. The summed E-state index contributed by atoms with van der Waals surface area (Å²) in [4.78, 5) is 11.3. The Balaban J connectivity index is 1.47. The van der Waals surface area contributed by atoms with E-state index in [1.54, 1.807) is 0 Å². The van der Waals surface area contributed by atoms with Crippen LogP contribution < -0.4 is 0 Å². The lowest BCUT2D eigenvalue weighted by Crippen LogP contribution is -2.51. The summed E-state index contributed by atoms with van der Waals surface area (Å²) in [5.41, 5.74) is 1.15. The van der Waals surface area contributed by atoms with E-state index in [9.17, 15) is 9.90 Å². The molecule has 5 rings (SSSR count). The molecule has 1 aromatic heterocycles. The molecular weight excluding hydrogens is 328 g/mol. The van der Waals surface area contributed by atoms with Crippen molar-refractivity contribution in [3.63, 3.8) is 0 Å². The number of rotatable bonds is 2. The Labute approximate surface area is 155 Å². The first kappa shape index (κ1) is 16.9. The molecule has 2 bridgehead atoms. The zero-order valence-corrected chi connectivity index (χ0v) is 15.9. The van der Waals surface area contributed by atoms with Crippen molar-refractivity contribution in [2.75, 3.05) is 6.61 Å². The first-order valence-electron chi connectivity index (χ1n) is 10.3. The van der Waals surface area contributed by atoms with E-state index >= 15 is 0 Å². The second-order valence-electron chi connectivity index (χ2n) is 9.85. The summed E-state index contributed by atoms with van der Waals surface area (Å²) in [5, 5.41) is 11.4. The quantitative estimate of drug-likeness (QED) is 0.805. The minimum Gasteiger partial charge on any atom is -0.469 e. The van der Waals surface area contributed by atoms with Gasteiger partial charge in [-0.2, -0.15) is 0 Å². The smallest absolute Gasteiger partial charge is 0.302 e. The Morgan fingerprint density at radius 1 is 1.35 bits per heavy atom. The molecule has 3 fully saturated rings. The molecule has 4 nitrogen and oxygen atoms in total. The molecular formula is C22H30O4. The van der Waals surface area contributed by atoms with Crippen LogP contribution in [-0.2, 0) is 16.0 Å². The minimum absolute atomic E-state index is 0.174. The van der Waals surface area contributed by atoms with Crippen LogP contribution >= 0.6 is 0 Å². The van der Waals surface area contributed by atoms with Crippen LogP contribution in [0.2, 0.25) is 0 Å². The number of esters is 1. The van der Waals surface area contributed by atoms with Crippen LogP contribution in [0.3, 0.4) is 0 Å². The van der Waals surface area contributed by atoms with E-state index in [0.29, 0.717) is 17.3 Å². The van der Waals surface area contributed by atoms with E-state index in [-0.39, 0.29) is 23.9 Å². The van der Waals surface area contributed by atoms with Crippen LogP contribution in [0.4, 0.5) is 0 Å². The zero-order chi connectivity index (χ0) is 18.2. The van der Waals surface area contributed by atoms with Crippen molar-refractivity contribution in [3.8, 4) is 0 Å². The Bertz CT molecular complexity index is 738. The molecule has 142 valence electrons. The lowest BCUT2D eigenvalue weighted by Gasteiger charge is -2.59. The highest BCUT2D eigenvalue weighted by atomic mass is 16.5. The van der Waals surface area contributed by atoms with Crippen molar-refractivity contribution < 1.29 is 19.1 Å². The first-order chi connectivity index (χ1) is 12.4. The summed E-state index contributed by atoms with van der Waals surface area (Å²) in [6.07, 6.45) is 10.7. The third-order valence-corrected chi connectivity index (χ3v) is 8.71. The number of fused-ring (bicyclic) bond motifs is 5. The molecule has 6 atom stereocenters. The van der Waals surface area contributed by atoms with Crippen LogP contribution in [-0.4, -0.2) is 23.3 Å². The van der Waals surface area contributed by atoms with Crippen molar-refractivity contribution in [1.29, 1.82) is 0 Å². The molecule has 0 amide bonds. The molecule has 3 saturated carbocycles. The van der Waals surface area contributed by atoms with E-state index in [0.717, 1.165) is 25.7 Å². The number of aliphatic hydroxyl groups is 1. The molecule has 0 aliphatic heterocycles. The number of ether oxygens (including phenoxy) is 1. The highest BCUT2D eigenvalue weighted by molar-refractivity contribution is 5.66. The SMILES string of the molecule is CC(=O)OC[C@@]1(O)C[C@@]23CCC4c5ccoc5CC[C@]4(C)C2CC[C@@H]1C3. The van der Waals surface area contributed by atoms with Crippen molar-refractivity contribution in [2.24, 2.45) is 22.7 Å². The lowest BCUT2D eigenvalue weighted by molar-refractivity contribution is -0.151. The van der Waals surface area contributed by atoms with E-state index in [4.69, 9.17) is 9.15 Å². The largest absolute Gasteiger partial charge is 0.469 e. The van der Waals surface area contributed by atoms with Crippen LogP contribution in [0, 0.1) is 22.7 Å². The fraction of sp³-hybridized carbons (Fsp3) is 0.773. The van der Waals surface area contributed by atoms with Gasteiger partial charge in [-0.3, -0.25) is 4.79 Å². The molecule has 1 N–H and O–H groups in total. The Morgan fingerprint density at radius 2 is 2.19 bits per heavy atom. The zero-order valence-electron chi connectivity index (χ0n) is 15.9. The summed E-state index contributed by atoms with van der Waals surface area (Å²) < 4.78 is 11.0. The van der Waals surface area contributed by atoms with Gasteiger partial charge in [-0.05, 0) is 85.2 Å². The molecule has 2 unspecified atom stereocenters. The number of carbonyl (C=O) groups is 1. The van der Waals surface area contributed by atoms with Gasteiger partial charge in [0.25, 0.3) is 0 Å². The lowest BCUT2D eigenvalue weighted by atomic mass is 9.45. The van der Waals surface area contributed by atoms with E-state index in [1.807, 2.05) is 6.26 Å². The number of hydrogen-bond donors (Lipinski definition) is 1. The maximum absolute atomic E-state index is 11.4. The van der Waals surface area contributed by atoms with Gasteiger partial charge in [0.1, 0.15) is 18.0 Å². The highest BCUT2D eigenvalue weighted by Crippen LogP contribution is 2.72. The van der Waals surface area contributed by atoms with Gasteiger partial charge in [-0.15, -0.1) is 0 Å². The molecule has 0 saturated heterocycles. The van der Waals surface area contributed by atoms with Gasteiger partial charge in [-0.25, -0.2) is 0 Å². The second-order valence-corrected chi connectivity index (χ2v) is 9.85. The predicted octanol–water partition coefficient (Wildman–Crippen LogP) is 4.21. The maximum Gasteiger partial charge on any atom is 0.302 e. The molecule has 4 aliphatic carbocycles. The monoisotopic (exact) mass is 358 g/mol. The van der Waals surface area contributed by atoms with E-state index in [1.165, 1.54) is 43.9 Å². The van der Waals surface area contributed by atoms with E-state index < -0.39 is 5.60 Å². The summed E-state index contributed by atoms with van der Waals surface area (Å²) in [5.74, 6) is 2.45. The van der Waals surface area contributed by atoms with Crippen molar-refractivity contribution in [1.82, 2.24) is 0 Å². The third-order valence-electron chi connectivity index (χ3n) is 8.71. The molecule has 4 heteroatoms. The fourth-order valence-corrected chi connectivity index (χ4v) is 7.72. The first-order valence-corrected chi connectivity index (χ1v) is 10.3. The average molecular weight is 358 g/mol. The Kier molecular flexibility index (Phi) is 3.48. The molecule has 4 aliphatic rings. The number of hydrogen-bond acceptors (Lipinski definition) is 4. The third kappa shape index (κ3) is 2.14. The summed E-state index contributed by atoms with van der Waals surface area (Å²) in [6, 6.07) is 2.20. The van der Waals surface area contributed by atoms with Gasteiger partial charge in [-0.1, -0.05) is 6.92 Å².